The molecule has 0 bridgehead atoms. The van der Waals surface area contributed by atoms with Crippen molar-refractivity contribution in [3.63, 3.8) is 0 Å². The first kappa shape index (κ1) is 10.9. The smallest absolute Gasteiger partial charge is 0.356 e. The summed E-state index contributed by atoms with van der Waals surface area (Å²) in [5, 5.41) is 18.2. The van der Waals surface area contributed by atoms with Crippen LogP contribution in [0.25, 0.3) is 0 Å². The summed E-state index contributed by atoms with van der Waals surface area (Å²) in [7, 11) is 0. The molecule has 0 radical (unpaired) electrons. The van der Waals surface area contributed by atoms with E-state index in [2.05, 4.69) is 15.5 Å². The molecule has 0 saturated heterocycles. The van der Waals surface area contributed by atoms with Gasteiger partial charge in [0, 0.05) is 0 Å². The standard InChI is InChI=1S/C8H10N4O3/c1-4(7(9)13)10-6-3-2-5(8(14)15)11-12-6/h2-4H,1H3,(H2,9,13)(H,10,12)(H,14,15). The van der Waals surface area contributed by atoms with E-state index in [4.69, 9.17) is 10.8 Å². The number of nitrogens with two attached hydrogens (primary N) is 1. The Morgan fingerprint density at radius 3 is 2.53 bits per heavy atom. The van der Waals surface area contributed by atoms with E-state index in [-0.39, 0.29) is 5.69 Å². The third-order valence-electron chi connectivity index (χ3n) is 1.67. The predicted molar refractivity (Wildman–Crippen MR) is 51.3 cm³/mol. The zero-order valence-corrected chi connectivity index (χ0v) is 7.97. The van der Waals surface area contributed by atoms with Crippen LogP contribution in [0, 0.1) is 0 Å². The molecule has 0 fully saturated rings. The van der Waals surface area contributed by atoms with Crippen molar-refractivity contribution in [2.45, 2.75) is 13.0 Å². The summed E-state index contributed by atoms with van der Waals surface area (Å²) in [4.78, 5) is 21.1. The molecule has 1 unspecified atom stereocenters. The molecule has 80 valence electrons. The van der Waals surface area contributed by atoms with Gasteiger partial charge in [0.05, 0.1) is 0 Å². The molecule has 1 aromatic rings. The fourth-order valence-electron chi connectivity index (χ4n) is 0.816. The molecule has 1 heterocycles. The average Bonchev–Trinajstić information content (AvgIpc) is 2.18. The van der Waals surface area contributed by atoms with Crippen LogP contribution in [0.5, 0.6) is 0 Å². The summed E-state index contributed by atoms with van der Waals surface area (Å²) in [6, 6.07) is 2.11. The summed E-state index contributed by atoms with van der Waals surface area (Å²) in [6.07, 6.45) is 0. The second-order valence-corrected chi connectivity index (χ2v) is 2.88. The summed E-state index contributed by atoms with van der Waals surface area (Å²) in [6.45, 7) is 1.56. The molecule has 15 heavy (non-hydrogen) atoms. The summed E-state index contributed by atoms with van der Waals surface area (Å²) >= 11 is 0. The quantitative estimate of drug-likeness (QED) is 0.614. The van der Waals surface area contributed by atoms with Crippen LogP contribution in [0.4, 0.5) is 5.82 Å². The lowest BCUT2D eigenvalue weighted by Crippen LogP contribution is -2.32. The Labute approximate surface area is 85.3 Å². The van der Waals surface area contributed by atoms with E-state index in [1.54, 1.807) is 6.92 Å². The van der Waals surface area contributed by atoms with Gasteiger partial charge >= 0.3 is 5.97 Å². The van der Waals surface area contributed by atoms with Crippen LogP contribution in [0.1, 0.15) is 17.4 Å². The minimum atomic E-state index is -1.16. The van der Waals surface area contributed by atoms with Crippen molar-refractivity contribution in [2.75, 3.05) is 5.32 Å². The summed E-state index contributed by atoms with van der Waals surface area (Å²) < 4.78 is 0. The maximum absolute atomic E-state index is 10.7. The van der Waals surface area contributed by atoms with Gasteiger partial charge < -0.3 is 16.2 Å². The number of carboxylic acids is 1. The maximum Gasteiger partial charge on any atom is 0.356 e. The number of nitrogens with one attached hydrogen (secondary N) is 1. The molecule has 1 amide bonds. The minimum absolute atomic E-state index is 0.160. The van der Waals surface area contributed by atoms with Crippen LogP contribution in [0.15, 0.2) is 12.1 Å². The second kappa shape index (κ2) is 4.36. The topological polar surface area (TPSA) is 118 Å². The minimum Gasteiger partial charge on any atom is -0.476 e. The number of rotatable bonds is 4. The number of amides is 1. The van der Waals surface area contributed by atoms with Gasteiger partial charge in [-0.05, 0) is 19.1 Å². The number of carboxylic acid groups (broad SMARTS) is 1. The highest BCUT2D eigenvalue weighted by molar-refractivity contribution is 5.85. The predicted octanol–water partition coefficient (Wildman–Crippen LogP) is -0.540. The van der Waals surface area contributed by atoms with Crippen molar-refractivity contribution in [2.24, 2.45) is 5.73 Å². The monoisotopic (exact) mass is 210 g/mol. The largest absolute Gasteiger partial charge is 0.476 e. The number of hydrogen-bond donors (Lipinski definition) is 3. The molecule has 1 rings (SSSR count). The molecule has 0 aliphatic heterocycles. The van der Waals surface area contributed by atoms with Gasteiger partial charge in [0.2, 0.25) is 5.91 Å². The Morgan fingerprint density at radius 1 is 1.47 bits per heavy atom. The zero-order valence-electron chi connectivity index (χ0n) is 7.97. The Morgan fingerprint density at radius 2 is 2.13 bits per heavy atom. The summed E-state index contributed by atoms with van der Waals surface area (Å²) in [5.41, 5.74) is 4.86. The van der Waals surface area contributed by atoms with Crippen LogP contribution < -0.4 is 11.1 Å². The van der Waals surface area contributed by atoms with E-state index in [1.165, 1.54) is 12.1 Å². The van der Waals surface area contributed by atoms with Crippen LogP contribution in [0.2, 0.25) is 0 Å². The Hall–Kier alpha value is -2.18. The molecular formula is C8H10N4O3. The zero-order chi connectivity index (χ0) is 11.4. The maximum atomic E-state index is 10.7. The fourth-order valence-corrected chi connectivity index (χ4v) is 0.816. The highest BCUT2D eigenvalue weighted by Crippen LogP contribution is 2.03. The second-order valence-electron chi connectivity index (χ2n) is 2.88. The molecular weight excluding hydrogens is 200 g/mol. The first-order valence-corrected chi connectivity index (χ1v) is 4.13. The Kier molecular flexibility index (Phi) is 3.17. The fraction of sp³-hybridized carbons (Fsp3) is 0.250. The Balaban J connectivity index is 2.72. The van der Waals surface area contributed by atoms with E-state index in [1.807, 2.05) is 0 Å². The van der Waals surface area contributed by atoms with Crippen LogP contribution >= 0.6 is 0 Å². The van der Waals surface area contributed by atoms with Crippen LogP contribution in [0.3, 0.4) is 0 Å². The molecule has 7 nitrogen and oxygen atoms in total. The third-order valence-corrected chi connectivity index (χ3v) is 1.67. The molecule has 1 atom stereocenters. The number of anilines is 1. The van der Waals surface area contributed by atoms with E-state index in [0.29, 0.717) is 5.82 Å². The highest BCUT2D eigenvalue weighted by atomic mass is 16.4. The number of nitrogens with zero attached hydrogens (tertiary/aromatic N) is 2. The normalized spacial score (nSPS) is 11.8. The van der Waals surface area contributed by atoms with Crippen molar-refractivity contribution < 1.29 is 14.7 Å². The third kappa shape index (κ3) is 2.90. The van der Waals surface area contributed by atoms with Crippen molar-refractivity contribution in [1.82, 2.24) is 10.2 Å². The van der Waals surface area contributed by atoms with E-state index in [0.717, 1.165) is 0 Å². The average molecular weight is 210 g/mol. The van der Waals surface area contributed by atoms with Gasteiger partial charge in [-0.1, -0.05) is 0 Å². The van der Waals surface area contributed by atoms with Crippen molar-refractivity contribution in [3.05, 3.63) is 17.8 Å². The van der Waals surface area contributed by atoms with Gasteiger partial charge in [-0.25, -0.2) is 4.79 Å². The first-order valence-electron chi connectivity index (χ1n) is 4.13. The number of aromatic nitrogens is 2. The number of carbonyl (C=O) groups excluding carboxylic acids is 1. The molecule has 0 aromatic carbocycles. The molecule has 4 N–H and O–H groups in total. The number of primary amides is 1. The molecule has 0 aliphatic rings. The van der Waals surface area contributed by atoms with E-state index >= 15 is 0 Å². The number of hydrogen-bond acceptors (Lipinski definition) is 5. The highest BCUT2D eigenvalue weighted by Gasteiger charge is 2.10. The van der Waals surface area contributed by atoms with E-state index in [9.17, 15) is 9.59 Å². The number of carbonyl (C=O) groups is 2. The SMILES string of the molecule is CC(Nc1ccc(C(=O)O)nn1)C(N)=O. The van der Waals surface area contributed by atoms with Crippen molar-refractivity contribution in [1.29, 1.82) is 0 Å². The van der Waals surface area contributed by atoms with Crippen molar-refractivity contribution in [3.8, 4) is 0 Å². The molecule has 1 aromatic heterocycles. The summed E-state index contributed by atoms with van der Waals surface area (Å²) in [5.74, 6) is -1.39. The molecule has 0 aliphatic carbocycles. The number of aromatic carboxylic acids is 1. The van der Waals surface area contributed by atoms with Gasteiger partial charge in [-0.15, -0.1) is 10.2 Å². The molecule has 7 heteroatoms. The van der Waals surface area contributed by atoms with Crippen LogP contribution in [-0.2, 0) is 4.79 Å². The first-order chi connectivity index (χ1) is 7.00. The van der Waals surface area contributed by atoms with Crippen molar-refractivity contribution >= 4 is 17.7 Å². The lowest BCUT2D eigenvalue weighted by atomic mass is 10.3. The molecule has 0 spiro atoms. The van der Waals surface area contributed by atoms with E-state index < -0.39 is 17.9 Å². The van der Waals surface area contributed by atoms with Gasteiger partial charge in [0.1, 0.15) is 11.9 Å². The van der Waals surface area contributed by atoms with Gasteiger partial charge in [-0.2, -0.15) is 0 Å². The lowest BCUT2D eigenvalue weighted by molar-refractivity contribution is -0.118. The Bertz CT molecular complexity index is 376. The van der Waals surface area contributed by atoms with Gasteiger partial charge in [0.25, 0.3) is 0 Å². The van der Waals surface area contributed by atoms with Crippen LogP contribution in [-0.4, -0.2) is 33.2 Å². The molecule has 0 saturated carbocycles. The van der Waals surface area contributed by atoms with Gasteiger partial charge in [-0.3, -0.25) is 4.79 Å². The van der Waals surface area contributed by atoms with Gasteiger partial charge in [0.15, 0.2) is 5.69 Å². The lowest BCUT2D eigenvalue weighted by Gasteiger charge is -2.09.